The van der Waals surface area contributed by atoms with Crippen LogP contribution in [0.25, 0.3) is 5.52 Å². The van der Waals surface area contributed by atoms with Crippen LogP contribution in [0.15, 0.2) is 48.7 Å². The zero-order chi connectivity index (χ0) is 20.4. The number of benzene rings is 1. The van der Waals surface area contributed by atoms with Crippen LogP contribution in [0.1, 0.15) is 33.6 Å². The Balaban J connectivity index is 1.63. The Kier molecular flexibility index (Phi) is 5.31. The van der Waals surface area contributed by atoms with Crippen molar-refractivity contribution in [2.75, 3.05) is 38.0 Å². The fraction of sp³-hybridized carbons (Fsp3) is 0.318. The number of aryl methyl sites for hydroxylation is 1. The number of hydrogen-bond donors (Lipinski definition) is 1. The van der Waals surface area contributed by atoms with Gasteiger partial charge in [-0.2, -0.15) is 0 Å². The number of hydrogen-bond acceptors (Lipinski definition) is 4. The monoisotopic (exact) mass is 391 g/mol. The Labute approximate surface area is 169 Å². The summed E-state index contributed by atoms with van der Waals surface area (Å²) < 4.78 is 1.71. The third-order valence-electron chi connectivity index (χ3n) is 5.34. The summed E-state index contributed by atoms with van der Waals surface area (Å²) >= 11 is 0. The van der Waals surface area contributed by atoms with E-state index in [4.69, 9.17) is 0 Å². The molecule has 0 bridgehead atoms. The second-order valence-corrected chi connectivity index (χ2v) is 7.29. The Hall–Kier alpha value is -3.19. The van der Waals surface area contributed by atoms with Crippen LogP contribution >= 0.6 is 0 Å². The predicted molar refractivity (Wildman–Crippen MR) is 112 cm³/mol. The fourth-order valence-electron chi connectivity index (χ4n) is 3.68. The van der Waals surface area contributed by atoms with Crippen LogP contribution in [0.4, 0.5) is 5.69 Å². The molecule has 29 heavy (non-hydrogen) atoms. The number of nitrogens with one attached hydrogen (secondary N) is 1. The molecule has 0 aliphatic carbocycles. The number of nitrogens with zero attached hydrogens (tertiary/aromatic N) is 4. The summed E-state index contributed by atoms with van der Waals surface area (Å²) in [5.41, 5.74) is 2.63. The van der Waals surface area contributed by atoms with Gasteiger partial charge >= 0.3 is 0 Å². The van der Waals surface area contributed by atoms with E-state index in [1.54, 1.807) is 10.6 Å². The van der Waals surface area contributed by atoms with Gasteiger partial charge in [-0.05, 0) is 43.3 Å². The van der Waals surface area contributed by atoms with Crippen molar-refractivity contribution in [1.82, 2.24) is 19.2 Å². The summed E-state index contributed by atoms with van der Waals surface area (Å²) in [6.45, 7) is 8.12. The topological polar surface area (TPSA) is 69.9 Å². The first-order valence-electron chi connectivity index (χ1n) is 9.93. The van der Waals surface area contributed by atoms with E-state index >= 15 is 0 Å². The second-order valence-electron chi connectivity index (χ2n) is 7.29. The standard InChI is InChI=1S/C22H25N5O2/c1-3-25-11-13-26(14-12-25)22(29)20-24-19(18-9-4-5-10-27(18)20)21(28)23-17-8-6-7-16(2)15-17/h4-10,15H,3,11-14H2,1-2H3,(H,23,28). The number of amides is 2. The minimum atomic E-state index is -0.325. The molecule has 3 heterocycles. The highest BCUT2D eigenvalue weighted by Gasteiger charge is 2.27. The lowest BCUT2D eigenvalue weighted by molar-refractivity contribution is 0.0630. The molecule has 0 saturated carbocycles. The minimum Gasteiger partial charge on any atom is -0.333 e. The van der Waals surface area contributed by atoms with Gasteiger partial charge < -0.3 is 15.1 Å². The average Bonchev–Trinajstić information content (AvgIpc) is 3.13. The van der Waals surface area contributed by atoms with Crippen molar-refractivity contribution >= 4 is 23.0 Å². The molecule has 150 valence electrons. The van der Waals surface area contributed by atoms with Crippen molar-refractivity contribution < 1.29 is 9.59 Å². The summed E-state index contributed by atoms with van der Waals surface area (Å²) in [6.07, 6.45) is 1.78. The normalized spacial score (nSPS) is 14.9. The van der Waals surface area contributed by atoms with E-state index in [1.165, 1.54) is 0 Å². The van der Waals surface area contributed by atoms with Crippen LogP contribution in [0.5, 0.6) is 0 Å². The average molecular weight is 391 g/mol. The lowest BCUT2D eigenvalue weighted by Gasteiger charge is -2.33. The van der Waals surface area contributed by atoms with Crippen LogP contribution in [0.3, 0.4) is 0 Å². The number of anilines is 1. The van der Waals surface area contributed by atoms with Gasteiger partial charge in [0, 0.05) is 38.1 Å². The number of carbonyl (C=O) groups excluding carboxylic acids is 2. The highest BCUT2D eigenvalue weighted by molar-refractivity contribution is 6.09. The molecule has 1 N–H and O–H groups in total. The highest BCUT2D eigenvalue weighted by Crippen LogP contribution is 2.18. The van der Waals surface area contributed by atoms with Gasteiger partial charge in [-0.25, -0.2) is 4.98 Å². The summed E-state index contributed by atoms with van der Waals surface area (Å²) in [4.78, 5) is 34.7. The van der Waals surface area contributed by atoms with E-state index in [1.807, 2.05) is 54.3 Å². The van der Waals surface area contributed by atoms with E-state index in [2.05, 4.69) is 22.1 Å². The molecule has 0 spiro atoms. The molecule has 1 aliphatic rings. The molecule has 1 fully saturated rings. The van der Waals surface area contributed by atoms with Gasteiger partial charge in [0.2, 0.25) is 5.82 Å². The molecule has 0 unspecified atom stereocenters. The molecule has 3 aromatic rings. The van der Waals surface area contributed by atoms with Crippen LogP contribution in [-0.2, 0) is 0 Å². The maximum atomic E-state index is 13.1. The number of rotatable bonds is 4. The summed E-state index contributed by atoms with van der Waals surface area (Å²) in [5, 5.41) is 2.89. The number of aromatic nitrogens is 2. The predicted octanol–water partition coefficient (Wildman–Crippen LogP) is 2.67. The van der Waals surface area contributed by atoms with Gasteiger partial charge in [0.05, 0.1) is 5.52 Å². The Bertz CT molecular complexity index is 1050. The van der Waals surface area contributed by atoms with E-state index in [-0.39, 0.29) is 23.3 Å². The van der Waals surface area contributed by atoms with Crippen molar-refractivity contribution in [1.29, 1.82) is 0 Å². The Morgan fingerprint density at radius 2 is 1.86 bits per heavy atom. The molecule has 1 aromatic carbocycles. The van der Waals surface area contributed by atoms with Gasteiger partial charge in [0.25, 0.3) is 11.8 Å². The van der Waals surface area contributed by atoms with E-state index < -0.39 is 0 Å². The molecule has 7 nitrogen and oxygen atoms in total. The number of pyridine rings is 1. The SMILES string of the molecule is CCN1CCN(C(=O)c2nc(C(=O)Nc3cccc(C)c3)c3ccccn23)CC1. The molecule has 0 atom stereocenters. The first kappa shape index (κ1) is 19.1. The number of fused-ring (bicyclic) bond motifs is 1. The second kappa shape index (κ2) is 8.05. The zero-order valence-electron chi connectivity index (χ0n) is 16.8. The van der Waals surface area contributed by atoms with Crippen LogP contribution < -0.4 is 5.32 Å². The maximum absolute atomic E-state index is 13.1. The van der Waals surface area contributed by atoms with Crippen LogP contribution in [-0.4, -0.2) is 63.7 Å². The number of carbonyl (C=O) groups is 2. The quantitative estimate of drug-likeness (QED) is 0.742. The van der Waals surface area contributed by atoms with Gasteiger partial charge in [-0.3, -0.25) is 14.0 Å². The lowest BCUT2D eigenvalue weighted by atomic mass is 10.2. The highest BCUT2D eigenvalue weighted by atomic mass is 16.2. The summed E-state index contributed by atoms with van der Waals surface area (Å²) in [6, 6.07) is 13.1. The third kappa shape index (κ3) is 3.86. The van der Waals surface area contributed by atoms with E-state index in [9.17, 15) is 9.59 Å². The van der Waals surface area contributed by atoms with Crippen molar-refractivity contribution in [2.24, 2.45) is 0 Å². The first-order valence-corrected chi connectivity index (χ1v) is 9.93. The maximum Gasteiger partial charge on any atom is 0.290 e. The lowest BCUT2D eigenvalue weighted by Crippen LogP contribution is -2.48. The number of piperazine rings is 1. The molecule has 1 saturated heterocycles. The molecular formula is C22H25N5O2. The molecule has 2 amide bonds. The molecule has 0 radical (unpaired) electrons. The molecule has 7 heteroatoms. The molecule has 4 rings (SSSR count). The molecular weight excluding hydrogens is 366 g/mol. The van der Waals surface area contributed by atoms with E-state index in [0.29, 0.717) is 24.3 Å². The van der Waals surface area contributed by atoms with E-state index in [0.717, 1.165) is 25.2 Å². The smallest absolute Gasteiger partial charge is 0.290 e. The molecule has 1 aliphatic heterocycles. The molecule has 2 aromatic heterocycles. The van der Waals surface area contributed by atoms with Crippen molar-refractivity contribution in [3.05, 3.63) is 65.7 Å². The summed E-state index contributed by atoms with van der Waals surface area (Å²) in [7, 11) is 0. The van der Waals surface area contributed by atoms with Gasteiger partial charge in [-0.15, -0.1) is 0 Å². The summed E-state index contributed by atoms with van der Waals surface area (Å²) in [5.74, 6) is -0.189. The third-order valence-corrected chi connectivity index (χ3v) is 5.34. The Morgan fingerprint density at radius 1 is 1.07 bits per heavy atom. The zero-order valence-corrected chi connectivity index (χ0v) is 16.8. The largest absolute Gasteiger partial charge is 0.333 e. The van der Waals surface area contributed by atoms with Gasteiger partial charge in [0.1, 0.15) is 0 Å². The van der Waals surface area contributed by atoms with Crippen LogP contribution in [0.2, 0.25) is 0 Å². The van der Waals surface area contributed by atoms with Crippen molar-refractivity contribution in [2.45, 2.75) is 13.8 Å². The van der Waals surface area contributed by atoms with Crippen molar-refractivity contribution in [3.63, 3.8) is 0 Å². The van der Waals surface area contributed by atoms with Crippen molar-refractivity contribution in [3.8, 4) is 0 Å². The first-order chi connectivity index (χ1) is 14.1. The van der Waals surface area contributed by atoms with Gasteiger partial charge in [-0.1, -0.05) is 25.1 Å². The minimum absolute atomic E-state index is 0.142. The Morgan fingerprint density at radius 3 is 2.59 bits per heavy atom. The van der Waals surface area contributed by atoms with Crippen LogP contribution in [0, 0.1) is 6.92 Å². The fourth-order valence-corrected chi connectivity index (χ4v) is 3.68. The number of likely N-dealkylation sites (N-methyl/N-ethyl adjacent to an activating group) is 1. The number of imidazole rings is 1. The van der Waals surface area contributed by atoms with Gasteiger partial charge in [0.15, 0.2) is 5.69 Å².